The number of ketones is 1. The molecule has 0 fully saturated rings. The van der Waals surface area contributed by atoms with Gasteiger partial charge in [-0.05, 0) is 31.2 Å². The Balaban J connectivity index is 2.48. The SMILES string of the molecule is CC(=O)c1ccc2c(=O)c3ccccc3oc2c1. The lowest BCUT2D eigenvalue weighted by molar-refractivity contribution is 0.101. The van der Waals surface area contributed by atoms with Crippen LogP contribution in [0.15, 0.2) is 51.7 Å². The summed E-state index contributed by atoms with van der Waals surface area (Å²) in [6.45, 7) is 1.49. The third-order valence-electron chi connectivity index (χ3n) is 2.98. The smallest absolute Gasteiger partial charge is 0.200 e. The molecular formula is C15H10O3. The first-order chi connectivity index (χ1) is 8.66. The lowest BCUT2D eigenvalue weighted by atomic mass is 10.1. The Labute approximate surface area is 103 Å². The maximum Gasteiger partial charge on any atom is 0.200 e. The maximum atomic E-state index is 12.2. The Hall–Kier alpha value is -2.42. The summed E-state index contributed by atoms with van der Waals surface area (Å²) in [6, 6.07) is 12.0. The highest BCUT2D eigenvalue weighted by Gasteiger charge is 2.08. The molecule has 0 saturated carbocycles. The molecule has 0 aliphatic carbocycles. The van der Waals surface area contributed by atoms with Crippen LogP contribution in [-0.2, 0) is 0 Å². The molecule has 0 N–H and O–H groups in total. The molecule has 0 saturated heterocycles. The largest absolute Gasteiger partial charge is 0.456 e. The highest BCUT2D eigenvalue weighted by Crippen LogP contribution is 2.19. The van der Waals surface area contributed by atoms with Gasteiger partial charge in [0.05, 0.1) is 10.8 Å². The van der Waals surface area contributed by atoms with Crippen molar-refractivity contribution in [2.45, 2.75) is 6.92 Å². The Kier molecular flexibility index (Phi) is 2.27. The molecule has 88 valence electrons. The minimum atomic E-state index is -0.0676. The van der Waals surface area contributed by atoms with Gasteiger partial charge in [-0.3, -0.25) is 9.59 Å². The summed E-state index contributed by atoms with van der Waals surface area (Å²) in [5.74, 6) is -0.0484. The third kappa shape index (κ3) is 1.52. The van der Waals surface area contributed by atoms with Crippen molar-refractivity contribution in [3.63, 3.8) is 0 Å². The van der Waals surface area contributed by atoms with Gasteiger partial charge in [-0.1, -0.05) is 18.2 Å². The molecule has 0 atom stereocenters. The number of rotatable bonds is 1. The van der Waals surface area contributed by atoms with Crippen molar-refractivity contribution < 1.29 is 9.21 Å². The molecule has 0 amide bonds. The predicted octanol–water partition coefficient (Wildman–Crippen LogP) is 3.15. The molecule has 1 heterocycles. The Bertz CT molecular complexity index is 828. The van der Waals surface area contributed by atoms with Crippen molar-refractivity contribution in [3.8, 4) is 0 Å². The quantitative estimate of drug-likeness (QED) is 0.483. The molecule has 0 spiro atoms. The Morgan fingerprint density at radius 3 is 2.50 bits per heavy atom. The lowest BCUT2D eigenvalue weighted by Gasteiger charge is -2.02. The first kappa shape index (κ1) is 10.7. The van der Waals surface area contributed by atoms with E-state index < -0.39 is 0 Å². The molecule has 3 rings (SSSR count). The van der Waals surface area contributed by atoms with Crippen molar-refractivity contribution in [1.29, 1.82) is 0 Å². The van der Waals surface area contributed by atoms with Crippen LogP contribution < -0.4 is 5.43 Å². The van der Waals surface area contributed by atoms with Gasteiger partial charge < -0.3 is 4.42 Å². The molecule has 0 aliphatic heterocycles. The normalized spacial score (nSPS) is 10.9. The van der Waals surface area contributed by atoms with E-state index in [4.69, 9.17) is 4.42 Å². The number of fused-ring (bicyclic) bond motifs is 2. The highest BCUT2D eigenvalue weighted by molar-refractivity contribution is 5.98. The minimum Gasteiger partial charge on any atom is -0.456 e. The van der Waals surface area contributed by atoms with Crippen LogP contribution >= 0.6 is 0 Å². The van der Waals surface area contributed by atoms with Crippen LogP contribution in [0, 0.1) is 0 Å². The van der Waals surface area contributed by atoms with E-state index in [1.54, 1.807) is 36.4 Å². The van der Waals surface area contributed by atoms with Gasteiger partial charge in [-0.15, -0.1) is 0 Å². The zero-order valence-corrected chi connectivity index (χ0v) is 9.77. The zero-order valence-electron chi connectivity index (χ0n) is 9.77. The lowest BCUT2D eigenvalue weighted by Crippen LogP contribution is -2.02. The van der Waals surface area contributed by atoms with Gasteiger partial charge in [-0.25, -0.2) is 0 Å². The number of Topliss-reactive ketones (excluding diaryl/α,β-unsaturated/α-hetero) is 1. The van der Waals surface area contributed by atoms with Crippen molar-refractivity contribution >= 4 is 27.7 Å². The number of carbonyl (C=O) groups excluding carboxylic acids is 1. The van der Waals surface area contributed by atoms with Gasteiger partial charge in [0.25, 0.3) is 0 Å². The van der Waals surface area contributed by atoms with Gasteiger partial charge in [0.15, 0.2) is 5.78 Å². The van der Waals surface area contributed by atoms with Crippen molar-refractivity contribution in [2.24, 2.45) is 0 Å². The van der Waals surface area contributed by atoms with Gasteiger partial charge >= 0.3 is 0 Å². The van der Waals surface area contributed by atoms with E-state index in [2.05, 4.69) is 0 Å². The standard InChI is InChI=1S/C15H10O3/c1-9(16)10-6-7-12-14(8-10)18-13-5-3-2-4-11(13)15(12)17/h2-8H,1H3. The summed E-state index contributed by atoms with van der Waals surface area (Å²) in [7, 11) is 0. The number of carbonyl (C=O) groups is 1. The molecule has 18 heavy (non-hydrogen) atoms. The van der Waals surface area contributed by atoms with E-state index in [9.17, 15) is 9.59 Å². The summed E-state index contributed by atoms with van der Waals surface area (Å²) in [4.78, 5) is 23.5. The number of hydrogen-bond acceptors (Lipinski definition) is 3. The molecule has 3 aromatic rings. The van der Waals surface area contributed by atoms with Gasteiger partial charge in [-0.2, -0.15) is 0 Å². The van der Waals surface area contributed by atoms with Crippen LogP contribution in [0.25, 0.3) is 21.9 Å². The monoisotopic (exact) mass is 238 g/mol. The van der Waals surface area contributed by atoms with E-state index in [-0.39, 0.29) is 11.2 Å². The maximum absolute atomic E-state index is 12.2. The molecule has 0 unspecified atom stereocenters. The fourth-order valence-electron chi connectivity index (χ4n) is 2.02. The fourth-order valence-corrected chi connectivity index (χ4v) is 2.02. The van der Waals surface area contributed by atoms with E-state index in [1.165, 1.54) is 6.92 Å². The van der Waals surface area contributed by atoms with E-state index >= 15 is 0 Å². The third-order valence-corrected chi connectivity index (χ3v) is 2.98. The molecule has 3 nitrogen and oxygen atoms in total. The second-order valence-corrected chi connectivity index (χ2v) is 4.19. The summed E-state index contributed by atoms with van der Waals surface area (Å²) < 4.78 is 5.67. The Morgan fingerprint density at radius 2 is 1.72 bits per heavy atom. The first-order valence-corrected chi connectivity index (χ1v) is 5.63. The average Bonchev–Trinajstić information content (AvgIpc) is 2.38. The van der Waals surface area contributed by atoms with Crippen LogP contribution in [0.2, 0.25) is 0 Å². The topological polar surface area (TPSA) is 47.3 Å². The second-order valence-electron chi connectivity index (χ2n) is 4.19. The molecule has 1 aromatic heterocycles. The molecule has 0 aliphatic rings. The van der Waals surface area contributed by atoms with Crippen LogP contribution in [0.1, 0.15) is 17.3 Å². The average molecular weight is 238 g/mol. The van der Waals surface area contributed by atoms with Crippen LogP contribution in [-0.4, -0.2) is 5.78 Å². The minimum absolute atomic E-state index is 0.0484. The molecule has 3 heteroatoms. The van der Waals surface area contributed by atoms with Crippen LogP contribution in [0.5, 0.6) is 0 Å². The summed E-state index contributed by atoms with van der Waals surface area (Å²) in [5, 5.41) is 1.05. The number of para-hydroxylation sites is 1. The van der Waals surface area contributed by atoms with E-state index in [1.807, 2.05) is 6.07 Å². The number of benzene rings is 2. The van der Waals surface area contributed by atoms with Gasteiger partial charge in [0.2, 0.25) is 5.43 Å². The first-order valence-electron chi connectivity index (χ1n) is 5.63. The van der Waals surface area contributed by atoms with Gasteiger partial charge in [0, 0.05) is 5.56 Å². The summed E-state index contributed by atoms with van der Waals surface area (Å²) in [5.41, 5.74) is 1.46. The summed E-state index contributed by atoms with van der Waals surface area (Å²) in [6.07, 6.45) is 0. The Morgan fingerprint density at radius 1 is 1.00 bits per heavy atom. The van der Waals surface area contributed by atoms with Crippen molar-refractivity contribution in [2.75, 3.05) is 0 Å². The number of hydrogen-bond donors (Lipinski definition) is 0. The molecule has 0 radical (unpaired) electrons. The van der Waals surface area contributed by atoms with Crippen LogP contribution in [0.4, 0.5) is 0 Å². The van der Waals surface area contributed by atoms with Crippen molar-refractivity contribution in [1.82, 2.24) is 0 Å². The summed E-state index contributed by atoms with van der Waals surface area (Å²) >= 11 is 0. The molecule has 0 bridgehead atoms. The fraction of sp³-hybridized carbons (Fsp3) is 0.0667. The predicted molar refractivity (Wildman–Crippen MR) is 70.0 cm³/mol. The molecule has 2 aromatic carbocycles. The van der Waals surface area contributed by atoms with Gasteiger partial charge in [0.1, 0.15) is 11.2 Å². The van der Waals surface area contributed by atoms with Crippen molar-refractivity contribution in [3.05, 3.63) is 58.3 Å². The highest BCUT2D eigenvalue weighted by atomic mass is 16.3. The second kappa shape index (κ2) is 3.81. The zero-order chi connectivity index (χ0) is 12.7. The molecular weight excluding hydrogens is 228 g/mol. The van der Waals surface area contributed by atoms with E-state index in [0.29, 0.717) is 27.5 Å². The van der Waals surface area contributed by atoms with Crippen LogP contribution in [0.3, 0.4) is 0 Å². The van der Waals surface area contributed by atoms with E-state index in [0.717, 1.165) is 0 Å².